The normalized spacial score (nSPS) is 11.4. The van der Waals surface area contributed by atoms with Crippen molar-refractivity contribution < 1.29 is 18.0 Å². The Morgan fingerprint density at radius 2 is 2.14 bits per heavy atom. The van der Waals surface area contributed by atoms with Gasteiger partial charge in [0, 0.05) is 19.4 Å². The van der Waals surface area contributed by atoms with Gasteiger partial charge >= 0.3 is 6.18 Å². The Balaban J connectivity index is 2.02. The Bertz CT molecular complexity index is 608. The summed E-state index contributed by atoms with van der Waals surface area (Å²) in [6.45, 7) is 0.283. The summed E-state index contributed by atoms with van der Waals surface area (Å²) in [5.74, 6) is 0.348. The topological polar surface area (TPSA) is 49.0 Å². The van der Waals surface area contributed by atoms with Crippen molar-refractivity contribution in [3.05, 3.63) is 53.6 Å². The van der Waals surface area contributed by atoms with Crippen LogP contribution in [0.4, 0.5) is 13.2 Å². The minimum absolute atomic E-state index is 0.0822. The Hall–Kier alpha value is -2.31. The van der Waals surface area contributed by atoms with Crippen molar-refractivity contribution in [1.82, 2.24) is 14.9 Å². The zero-order chi connectivity index (χ0) is 15.5. The number of aromatic amines is 1. The predicted molar refractivity (Wildman–Crippen MR) is 70.2 cm³/mol. The first-order chi connectivity index (χ1) is 9.86. The number of likely N-dealkylation sites (N-methyl/N-ethyl adjacent to an activating group) is 1. The van der Waals surface area contributed by atoms with E-state index in [0.717, 1.165) is 12.1 Å². The second-order valence-electron chi connectivity index (χ2n) is 4.66. The van der Waals surface area contributed by atoms with Crippen LogP contribution in [0.1, 0.15) is 17.0 Å². The predicted octanol–water partition coefficient (Wildman–Crippen LogP) is 2.63. The lowest BCUT2D eigenvalue weighted by molar-refractivity contribution is -0.138. The summed E-state index contributed by atoms with van der Waals surface area (Å²) in [5.41, 5.74) is -0.414. The second-order valence-corrected chi connectivity index (χ2v) is 4.66. The molecule has 2 aromatic rings. The fourth-order valence-electron chi connectivity index (χ4n) is 1.86. The van der Waals surface area contributed by atoms with Crippen LogP contribution < -0.4 is 0 Å². The van der Waals surface area contributed by atoms with E-state index in [2.05, 4.69) is 9.97 Å². The molecule has 0 radical (unpaired) electrons. The third-order valence-electron chi connectivity index (χ3n) is 2.98. The van der Waals surface area contributed by atoms with Crippen molar-refractivity contribution in [3.8, 4) is 0 Å². The molecule has 112 valence electrons. The zero-order valence-electron chi connectivity index (χ0n) is 11.3. The van der Waals surface area contributed by atoms with Crippen LogP contribution in [0.25, 0.3) is 0 Å². The highest BCUT2D eigenvalue weighted by Gasteiger charge is 2.30. The number of benzene rings is 1. The van der Waals surface area contributed by atoms with Crippen LogP contribution in [0.3, 0.4) is 0 Å². The van der Waals surface area contributed by atoms with Crippen molar-refractivity contribution >= 4 is 5.91 Å². The third kappa shape index (κ3) is 4.08. The molecular weight excluding hydrogens is 283 g/mol. The van der Waals surface area contributed by atoms with Gasteiger partial charge in [0.05, 0.1) is 18.5 Å². The molecule has 0 fully saturated rings. The maximum atomic E-state index is 12.6. The van der Waals surface area contributed by atoms with Gasteiger partial charge in [-0.3, -0.25) is 4.79 Å². The minimum Gasteiger partial charge on any atom is -0.347 e. The minimum atomic E-state index is -4.40. The number of alkyl halides is 3. The summed E-state index contributed by atoms with van der Waals surface area (Å²) in [7, 11) is 1.58. The van der Waals surface area contributed by atoms with Crippen LogP contribution in [0, 0.1) is 0 Å². The first-order valence-corrected chi connectivity index (χ1v) is 6.24. The molecule has 0 unspecified atom stereocenters. The Morgan fingerprint density at radius 3 is 2.76 bits per heavy atom. The molecule has 1 aromatic carbocycles. The van der Waals surface area contributed by atoms with Gasteiger partial charge < -0.3 is 9.88 Å². The summed E-state index contributed by atoms with van der Waals surface area (Å²) in [4.78, 5) is 20.3. The highest BCUT2D eigenvalue weighted by atomic mass is 19.4. The largest absolute Gasteiger partial charge is 0.416 e. The van der Waals surface area contributed by atoms with Crippen LogP contribution in [0.15, 0.2) is 36.7 Å². The third-order valence-corrected chi connectivity index (χ3v) is 2.98. The summed E-state index contributed by atoms with van der Waals surface area (Å²) in [6.07, 6.45) is -1.28. The fourth-order valence-corrected chi connectivity index (χ4v) is 1.86. The van der Waals surface area contributed by atoms with Gasteiger partial charge in [0.2, 0.25) is 5.91 Å². The average molecular weight is 297 g/mol. The van der Waals surface area contributed by atoms with Gasteiger partial charge in [0.15, 0.2) is 0 Å². The van der Waals surface area contributed by atoms with E-state index in [1.165, 1.54) is 17.0 Å². The average Bonchev–Trinajstić information content (AvgIpc) is 2.91. The molecule has 0 aliphatic carbocycles. The molecule has 0 spiro atoms. The number of halogens is 3. The number of nitrogens with zero attached hydrogens (tertiary/aromatic N) is 2. The lowest BCUT2D eigenvalue weighted by Gasteiger charge is -2.16. The number of rotatable bonds is 4. The summed E-state index contributed by atoms with van der Waals surface area (Å²) in [5, 5.41) is 0. The van der Waals surface area contributed by atoms with Crippen LogP contribution in [0.5, 0.6) is 0 Å². The van der Waals surface area contributed by atoms with Gasteiger partial charge in [-0.05, 0) is 11.6 Å². The van der Waals surface area contributed by atoms with E-state index >= 15 is 0 Å². The van der Waals surface area contributed by atoms with Gasteiger partial charge in [0.1, 0.15) is 5.82 Å². The molecule has 2 rings (SSSR count). The maximum Gasteiger partial charge on any atom is 0.416 e. The van der Waals surface area contributed by atoms with Crippen LogP contribution in [-0.4, -0.2) is 27.8 Å². The number of aromatic nitrogens is 2. The molecule has 7 heteroatoms. The van der Waals surface area contributed by atoms with Crippen molar-refractivity contribution in [2.24, 2.45) is 0 Å². The Labute approximate surface area is 119 Å². The number of hydrogen-bond acceptors (Lipinski definition) is 2. The zero-order valence-corrected chi connectivity index (χ0v) is 11.3. The number of hydrogen-bond donors (Lipinski definition) is 1. The summed E-state index contributed by atoms with van der Waals surface area (Å²) < 4.78 is 37.8. The standard InChI is InChI=1S/C14H14F3N3O/c1-20(9-12-18-5-6-19-12)13(21)8-10-3-2-4-11(7-10)14(15,16)17/h2-7H,8-9H2,1H3,(H,18,19). The first-order valence-electron chi connectivity index (χ1n) is 6.24. The number of imidazole rings is 1. The van der Waals surface area contributed by atoms with Crippen LogP contribution in [0.2, 0.25) is 0 Å². The van der Waals surface area contributed by atoms with Gasteiger partial charge in [-0.1, -0.05) is 18.2 Å². The fraction of sp³-hybridized carbons (Fsp3) is 0.286. The highest BCUT2D eigenvalue weighted by molar-refractivity contribution is 5.78. The molecule has 1 N–H and O–H groups in total. The monoisotopic (exact) mass is 297 g/mol. The van der Waals surface area contributed by atoms with Crippen molar-refractivity contribution in [2.75, 3.05) is 7.05 Å². The molecule has 21 heavy (non-hydrogen) atoms. The quantitative estimate of drug-likeness (QED) is 0.943. The van der Waals surface area contributed by atoms with E-state index in [4.69, 9.17) is 0 Å². The SMILES string of the molecule is CN(Cc1ncc[nH]1)C(=O)Cc1cccc(C(F)(F)F)c1. The Kier molecular flexibility index (Phi) is 4.30. The summed E-state index contributed by atoms with van der Waals surface area (Å²) >= 11 is 0. The van der Waals surface area contributed by atoms with E-state index < -0.39 is 11.7 Å². The van der Waals surface area contributed by atoms with E-state index in [-0.39, 0.29) is 18.9 Å². The number of carbonyl (C=O) groups excluding carboxylic acids is 1. The highest BCUT2D eigenvalue weighted by Crippen LogP contribution is 2.29. The van der Waals surface area contributed by atoms with E-state index in [1.54, 1.807) is 19.4 Å². The molecule has 1 heterocycles. The van der Waals surface area contributed by atoms with Crippen LogP contribution in [-0.2, 0) is 23.9 Å². The molecular formula is C14H14F3N3O. The van der Waals surface area contributed by atoms with Crippen molar-refractivity contribution in [1.29, 1.82) is 0 Å². The van der Waals surface area contributed by atoms with Crippen molar-refractivity contribution in [2.45, 2.75) is 19.1 Å². The van der Waals surface area contributed by atoms with Gasteiger partial charge in [-0.25, -0.2) is 4.98 Å². The molecule has 0 saturated heterocycles. The van der Waals surface area contributed by atoms with E-state index in [9.17, 15) is 18.0 Å². The first kappa shape index (κ1) is 15.1. The van der Waals surface area contributed by atoms with E-state index in [1.807, 2.05) is 0 Å². The molecule has 0 atom stereocenters. The smallest absolute Gasteiger partial charge is 0.347 e. The molecule has 0 aliphatic rings. The number of H-pyrrole nitrogens is 1. The molecule has 4 nitrogen and oxygen atoms in total. The lowest BCUT2D eigenvalue weighted by Crippen LogP contribution is -2.28. The molecule has 0 saturated carbocycles. The van der Waals surface area contributed by atoms with Gasteiger partial charge in [-0.2, -0.15) is 13.2 Å². The molecule has 0 aliphatic heterocycles. The van der Waals surface area contributed by atoms with E-state index in [0.29, 0.717) is 11.4 Å². The summed E-state index contributed by atoms with van der Waals surface area (Å²) in [6, 6.07) is 4.80. The van der Waals surface area contributed by atoms with Crippen molar-refractivity contribution in [3.63, 3.8) is 0 Å². The molecule has 1 amide bonds. The number of nitrogens with one attached hydrogen (secondary N) is 1. The maximum absolute atomic E-state index is 12.6. The molecule has 0 bridgehead atoms. The molecule has 1 aromatic heterocycles. The second kappa shape index (κ2) is 5.99. The number of amides is 1. The van der Waals surface area contributed by atoms with Gasteiger partial charge in [-0.15, -0.1) is 0 Å². The lowest BCUT2D eigenvalue weighted by atomic mass is 10.1. The van der Waals surface area contributed by atoms with Gasteiger partial charge in [0.25, 0.3) is 0 Å². The van der Waals surface area contributed by atoms with Crippen LogP contribution >= 0.6 is 0 Å². The number of carbonyl (C=O) groups is 1. The Morgan fingerprint density at radius 1 is 1.38 bits per heavy atom.